The van der Waals surface area contributed by atoms with E-state index >= 15 is 0 Å². The van der Waals surface area contributed by atoms with Crippen LogP contribution < -0.4 is 10.6 Å². The summed E-state index contributed by atoms with van der Waals surface area (Å²) in [6, 6.07) is 5.71. The second-order valence-electron chi connectivity index (χ2n) is 4.78. The molecule has 0 aliphatic carbocycles. The molecule has 1 aromatic carbocycles. The van der Waals surface area contributed by atoms with Crippen LogP contribution in [0.15, 0.2) is 18.2 Å². The highest BCUT2D eigenvalue weighted by Gasteiger charge is 2.20. The molecule has 0 radical (unpaired) electrons. The summed E-state index contributed by atoms with van der Waals surface area (Å²) in [5, 5.41) is 10.6. The number of likely N-dealkylation sites (N-methyl/N-ethyl adjacent to an activating group) is 1. The fourth-order valence-corrected chi connectivity index (χ4v) is 2.21. The van der Waals surface area contributed by atoms with Crippen LogP contribution in [0.3, 0.4) is 0 Å². The molecule has 0 aromatic heterocycles. The Labute approximate surface area is 108 Å². The number of anilines is 1. The average molecular weight is 257 g/mol. The lowest BCUT2D eigenvalue weighted by atomic mass is 10.1. The SMILES string of the molecule is CCN(CC(C)(C)O)c1c(Cl)cccc1CN. The van der Waals surface area contributed by atoms with Crippen LogP contribution in [-0.4, -0.2) is 23.8 Å². The van der Waals surface area contributed by atoms with Gasteiger partial charge in [-0.05, 0) is 32.4 Å². The zero-order valence-electron chi connectivity index (χ0n) is 10.7. The Bertz CT molecular complexity index is 374. The molecular weight excluding hydrogens is 236 g/mol. The molecule has 3 N–H and O–H groups in total. The molecule has 0 heterocycles. The third-order valence-electron chi connectivity index (χ3n) is 2.57. The van der Waals surface area contributed by atoms with E-state index in [0.717, 1.165) is 17.8 Å². The molecule has 0 saturated carbocycles. The summed E-state index contributed by atoms with van der Waals surface area (Å²) in [7, 11) is 0. The van der Waals surface area contributed by atoms with Crippen molar-refractivity contribution < 1.29 is 5.11 Å². The maximum Gasteiger partial charge on any atom is 0.0765 e. The molecule has 0 amide bonds. The van der Waals surface area contributed by atoms with E-state index in [0.29, 0.717) is 18.1 Å². The smallest absolute Gasteiger partial charge is 0.0765 e. The van der Waals surface area contributed by atoms with Crippen molar-refractivity contribution >= 4 is 17.3 Å². The van der Waals surface area contributed by atoms with Crippen LogP contribution in [0.2, 0.25) is 5.02 Å². The first-order chi connectivity index (χ1) is 7.89. The number of rotatable bonds is 5. The number of benzene rings is 1. The summed E-state index contributed by atoms with van der Waals surface area (Å²) in [4.78, 5) is 2.06. The maximum atomic E-state index is 9.92. The minimum atomic E-state index is -0.763. The third kappa shape index (κ3) is 3.87. The first kappa shape index (κ1) is 14.3. The van der Waals surface area contributed by atoms with Crippen molar-refractivity contribution in [2.45, 2.75) is 32.9 Å². The number of nitrogens with two attached hydrogens (primary N) is 1. The predicted octanol–water partition coefficient (Wildman–Crippen LogP) is 2.40. The molecule has 4 heteroatoms. The lowest BCUT2D eigenvalue weighted by Gasteiger charge is -2.32. The van der Waals surface area contributed by atoms with Crippen molar-refractivity contribution in [1.82, 2.24) is 0 Å². The Morgan fingerprint density at radius 1 is 1.41 bits per heavy atom. The van der Waals surface area contributed by atoms with Gasteiger partial charge >= 0.3 is 0 Å². The lowest BCUT2D eigenvalue weighted by Crippen LogP contribution is -2.39. The average Bonchev–Trinajstić information content (AvgIpc) is 2.24. The third-order valence-corrected chi connectivity index (χ3v) is 2.87. The summed E-state index contributed by atoms with van der Waals surface area (Å²) >= 11 is 6.23. The maximum absolute atomic E-state index is 9.92. The van der Waals surface area contributed by atoms with Gasteiger partial charge in [0.25, 0.3) is 0 Å². The van der Waals surface area contributed by atoms with Crippen molar-refractivity contribution in [2.24, 2.45) is 5.73 Å². The van der Waals surface area contributed by atoms with Gasteiger partial charge in [-0.25, -0.2) is 0 Å². The van der Waals surface area contributed by atoms with Crippen LogP contribution >= 0.6 is 11.6 Å². The normalized spacial score (nSPS) is 11.6. The first-order valence-electron chi connectivity index (χ1n) is 5.84. The Hall–Kier alpha value is -0.770. The van der Waals surface area contributed by atoms with Crippen molar-refractivity contribution in [3.05, 3.63) is 28.8 Å². The summed E-state index contributed by atoms with van der Waals surface area (Å²) in [6.45, 7) is 7.36. The van der Waals surface area contributed by atoms with Crippen molar-refractivity contribution in [1.29, 1.82) is 0 Å². The van der Waals surface area contributed by atoms with Crippen LogP contribution in [0, 0.1) is 0 Å². The summed E-state index contributed by atoms with van der Waals surface area (Å²) in [6.07, 6.45) is 0. The fraction of sp³-hybridized carbons (Fsp3) is 0.538. The Morgan fingerprint density at radius 2 is 2.06 bits per heavy atom. The van der Waals surface area contributed by atoms with E-state index in [1.165, 1.54) is 0 Å². The molecule has 0 atom stereocenters. The number of halogens is 1. The molecule has 0 aliphatic heterocycles. The molecular formula is C13H21ClN2O. The molecule has 1 rings (SSSR count). The highest BCUT2D eigenvalue weighted by atomic mass is 35.5. The van der Waals surface area contributed by atoms with Gasteiger partial charge < -0.3 is 15.7 Å². The zero-order valence-corrected chi connectivity index (χ0v) is 11.5. The predicted molar refractivity (Wildman–Crippen MR) is 73.5 cm³/mol. The lowest BCUT2D eigenvalue weighted by molar-refractivity contribution is 0.0875. The van der Waals surface area contributed by atoms with Gasteiger partial charge in [0.05, 0.1) is 16.3 Å². The zero-order chi connectivity index (χ0) is 13.1. The quantitative estimate of drug-likeness (QED) is 0.851. The fourth-order valence-electron chi connectivity index (χ4n) is 1.89. The summed E-state index contributed by atoms with van der Waals surface area (Å²) in [5.41, 5.74) is 6.90. The monoisotopic (exact) mass is 256 g/mol. The van der Waals surface area contributed by atoms with Crippen molar-refractivity contribution in [3.63, 3.8) is 0 Å². The second-order valence-corrected chi connectivity index (χ2v) is 5.19. The molecule has 0 saturated heterocycles. The molecule has 3 nitrogen and oxygen atoms in total. The second kappa shape index (κ2) is 5.71. The minimum absolute atomic E-state index is 0.443. The Kier molecular flexibility index (Phi) is 4.80. The van der Waals surface area contributed by atoms with Crippen LogP contribution in [0.1, 0.15) is 26.3 Å². The molecule has 17 heavy (non-hydrogen) atoms. The van der Waals surface area contributed by atoms with Crippen molar-refractivity contribution in [3.8, 4) is 0 Å². The van der Waals surface area contributed by atoms with E-state index in [4.69, 9.17) is 17.3 Å². The Balaban J connectivity index is 3.11. The van der Waals surface area contributed by atoms with E-state index in [1.807, 2.05) is 25.1 Å². The Morgan fingerprint density at radius 3 is 2.53 bits per heavy atom. The molecule has 1 aromatic rings. The van der Waals surface area contributed by atoms with E-state index in [9.17, 15) is 5.11 Å². The molecule has 0 unspecified atom stereocenters. The van der Waals surface area contributed by atoms with Crippen LogP contribution in [0.5, 0.6) is 0 Å². The number of hydrogen-bond donors (Lipinski definition) is 2. The number of para-hydroxylation sites is 1. The van der Waals surface area contributed by atoms with Crippen molar-refractivity contribution in [2.75, 3.05) is 18.0 Å². The van der Waals surface area contributed by atoms with Gasteiger partial charge in [0.15, 0.2) is 0 Å². The molecule has 0 spiro atoms. The minimum Gasteiger partial charge on any atom is -0.389 e. The van der Waals surface area contributed by atoms with Gasteiger partial charge in [-0.2, -0.15) is 0 Å². The van der Waals surface area contributed by atoms with E-state index in [1.54, 1.807) is 13.8 Å². The van der Waals surface area contributed by atoms with Crippen LogP contribution in [0.25, 0.3) is 0 Å². The van der Waals surface area contributed by atoms with Gasteiger partial charge in [0.2, 0.25) is 0 Å². The first-order valence-corrected chi connectivity index (χ1v) is 6.21. The van der Waals surface area contributed by atoms with E-state index in [-0.39, 0.29) is 0 Å². The summed E-state index contributed by atoms with van der Waals surface area (Å²) < 4.78 is 0. The van der Waals surface area contributed by atoms with Gasteiger partial charge in [-0.1, -0.05) is 23.7 Å². The van der Waals surface area contributed by atoms with Gasteiger partial charge in [0.1, 0.15) is 0 Å². The highest BCUT2D eigenvalue weighted by Crippen LogP contribution is 2.30. The van der Waals surface area contributed by atoms with Gasteiger partial charge in [0, 0.05) is 19.6 Å². The van der Waals surface area contributed by atoms with Gasteiger partial charge in [-0.15, -0.1) is 0 Å². The summed E-state index contributed by atoms with van der Waals surface area (Å²) in [5.74, 6) is 0. The van der Waals surface area contributed by atoms with Crippen LogP contribution in [0.4, 0.5) is 5.69 Å². The topological polar surface area (TPSA) is 49.5 Å². The van der Waals surface area contributed by atoms with Crippen LogP contribution in [-0.2, 0) is 6.54 Å². The standard InChI is InChI=1S/C13H21ClN2O/c1-4-16(9-13(2,3)17)12-10(8-15)6-5-7-11(12)14/h5-7,17H,4,8-9,15H2,1-3H3. The molecule has 0 aliphatic rings. The molecule has 96 valence electrons. The largest absolute Gasteiger partial charge is 0.389 e. The molecule has 0 bridgehead atoms. The number of hydrogen-bond acceptors (Lipinski definition) is 3. The number of nitrogens with zero attached hydrogens (tertiary/aromatic N) is 1. The number of aliphatic hydroxyl groups is 1. The van der Waals surface area contributed by atoms with Gasteiger partial charge in [-0.3, -0.25) is 0 Å². The molecule has 0 fully saturated rings. The van der Waals surface area contributed by atoms with E-state index < -0.39 is 5.60 Å². The van der Waals surface area contributed by atoms with E-state index in [2.05, 4.69) is 4.90 Å². The highest BCUT2D eigenvalue weighted by molar-refractivity contribution is 6.33.